The molecule has 4 nitrogen and oxygen atoms in total. The topological polar surface area (TPSA) is 46.1 Å². The minimum Gasteiger partial charge on any atom is -0.343 e. The molecule has 2 atom stereocenters. The fourth-order valence-corrected chi connectivity index (χ4v) is 2.72. The van der Waals surface area contributed by atoms with Gasteiger partial charge >= 0.3 is 0 Å². The van der Waals surface area contributed by atoms with Crippen molar-refractivity contribution in [2.45, 2.75) is 46.0 Å². The van der Waals surface area contributed by atoms with E-state index < -0.39 is 0 Å². The molecule has 0 N–H and O–H groups in total. The Hall–Kier alpha value is -1.45. The molecule has 104 valence electrons. The van der Waals surface area contributed by atoms with Crippen molar-refractivity contribution in [3.8, 4) is 0 Å². The van der Waals surface area contributed by atoms with E-state index in [4.69, 9.17) is 4.98 Å². The molecule has 2 rings (SSSR count). The van der Waals surface area contributed by atoms with Crippen LogP contribution in [-0.2, 0) is 4.79 Å². The molecule has 0 aliphatic carbocycles. The highest BCUT2D eigenvalue weighted by Crippen LogP contribution is 2.31. The standard InChI is InChI=1S/C15H23N3O/c1-10(2)14-7-16-8-15(17-14)13-5-6-18(12(4)19)9-11(13)3/h7-8,10-11,13H,5-6,9H2,1-4H3. The molecule has 0 aromatic carbocycles. The molecule has 1 fully saturated rings. The highest BCUT2D eigenvalue weighted by molar-refractivity contribution is 5.73. The number of piperidine rings is 1. The van der Waals surface area contributed by atoms with Gasteiger partial charge in [-0.15, -0.1) is 0 Å². The smallest absolute Gasteiger partial charge is 0.219 e. The zero-order valence-electron chi connectivity index (χ0n) is 12.3. The Bertz CT molecular complexity index is 458. The lowest BCUT2D eigenvalue weighted by molar-refractivity contribution is -0.130. The molecule has 4 heteroatoms. The van der Waals surface area contributed by atoms with E-state index >= 15 is 0 Å². The number of nitrogens with zero attached hydrogens (tertiary/aromatic N) is 3. The summed E-state index contributed by atoms with van der Waals surface area (Å²) in [5.74, 6) is 1.43. The van der Waals surface area contributed by atoms with Crippen molar-refractivity contribution < 1.29 is 4.79 Å². The summed E-state index contributed by atoms with van der Waals surface area (Å²) in [7, 11) is 0. The molecule has 0 spiro atoms. The van der Waals surface area contributed by atoms with Crippen LogP contribution in [0.3, 0.4) is 0 Å². The largest absolute Gasteiger partial charge is 0.343 e. The summed E-state index contributed by atoms with van der Waals surface area (Å²) < 4.78 is 0. The van der Waals surface area contributed by atoms with Gasteiger partial charge in [0.1, 0.15) is 0 Å². The van der Waals surface area contributed by atoms with Crippen molar-refractivity contribution >= 4 is 5.91 Å². The summed E-state index contributed by atoms with van der Waals surface area (Å²) in [5, 5.41) is 0. The maximum absolute atomic E-state index is 11.4. The average Bonchev–Trinajstić information content (AvgIpc) is 2.38. The van der Waals surface area contributed by atoms with Crippen LogP contribution in [0.25, 0.3) is 0 Å². The molecule has 2 heterocycles. The van der Waals surface area contributed by atoms with Crippen LogP contribution in [0.2, 0.25) is 0 Å². The van der Waals surface area contributed by atoms with E-state index in [1.807, 2.05) is 17.3 Å². The van der Waals surface area contributed by atoms with Crippen LogP contribution in [-0.4, -0.2) is 33.9 Å². The van der Waals surface area contributed by atoms with Gasteiger partial charge in [0.05, 0.1) is 11.4 Å². The maximum Gasteiger partial charge on any atom is 0.219 e. The van der Waals surface area contributed by atoms with Gasteiger partial charge in [0.15, 0.2) is 0 Å². The molecule has 1 aromatic heterocycles. The van der Waals surface area contributed by atoms with Crippen molar-refractivity contribution in [3.63, 3.8) is 0 Å². The van der Waals surface area contributed by atoms with E-state index in [1.165, 1.54) is 0 Å². The zero-order chi connectivity index (χ0) is 14.0. The number of carbonyl (C=O) groups excluding carboxylic acids is 1. The minimum absolute atomic E-state index is 0.173. The molecular weight excluding hydrogens is 238 g/mol. The Labute approximate surface area is 115 Å². The first-order chi connectivity index (χ1) is 8.99. The Morgan fingerprint density at radius 1 is 1.42 bits per heavy atom. The number of amides is 1. The summed E-state index contributed by atoms with van der Waals surface area (Å²) in [6.45, 7) is 9.77. The van der Waals surface area contributed by atoms with Crippen LogP contribution < -0.4 is 0 Å². The van der Waals surface area contributed by atoms with Crippen molar-refractivity contribution in [2.24, 2.45) is 5.92 Å². The van der Waals surface area contributed by atoms with Gasteiger partial charge in [0.2, 0.25) is 5.91 Å². The third-order valence-corrected chi connectivity index (χ3v) is 3.99. The number of hydrogen-bond acceptors (Lipinski definition) is 3. The van der Waals surface area contributed by atoms with Crippen molar-refractivity contribution in [1.82, 2.24) is 14.9 Å². The predicted molar refractivity (Wildman–Crippen MR) is 74.9 cm³/mol. The van der Waals surface area contributed by atoms with Gasteiger partial charge in [-0.3, -0.25) is 14.8 Å². The van der Waals surface area contributed by atoms with Gasteiger partial charge in [0, 0.05) is 38.3 Å². The Balaban J connectivity index is 2.14. The number of likely N-dealkylation sites (tertiary alicyclic amines) is 1. The van der Waals surface area contributed by atoms with Crippen LogP contribution in [0.5, 0.6) is 0 Å². The Kier molecular flexibility index (Phi) is 4.17. The molecular formula is C15H23N3O. The number of hydrogen-bond donors (Lipinski definition) is 0. The summed E-state index contributed by atoms with van der Waals surface area (Å²) in [5.41, 5.74) is 2.14. The third-order valence-electron chi connectivity index (χ3n) is 3.99. The predicted octanol–water partition coefficient (Wildman–Crippen LogP) is 2.57. The quantitative estimate of drug-likeness (QED) is 0.822. The third kappa shape index (κ3) is 3.11. The van der Waals surface area contributed by atoms with Gasteiger partial charge in [0.25, 0.3) is 0 Å². The van der Waals surface area contributed by atoms with E-state index in [0.717, 1.165) is 30.9 Å². The SMILES string of the molecule is CC(=O)N1CCC(c2cncc(C(C)C)n2)C(C)C1. The van der Waals surface area contributed by atoms with Gasteiger partial charge in [-0.05, 0) is 18.3 Å². The monoisotopic (exact) mass is 261 g/mol. The molecule has 0 saturated carbocycles. The average molecular weight is 261 g/mol. The van der Waals surface area contributed by atoms with Crippen LogP contribution in [0, 0.1) is 5.92 Å². The lowest BCUT2D eigenvalue weighted by Gasteiger charge is -2.36. The molecule has 1 aromatic rings. The maximum atomic E-state index is 11.4. The van der Waals surface area contributed by atoms with Gasteiger partial charge < -0.3 is 4.90 Å². The molecule has 19 heavy (non-hydrogen) atoms. The van der Waals surface area contributed by atoms with Crippen LogP contribution >= 0.6 is 0 Å². The van der Waals surface area contributed by atoms with E-state index in [-0.39, 0.29) is 5.91 Å². The second kappa shape index (κ2) is 5.68. The lowest BCUT2D eigenvalue weighted by Crippen LogP contribution is -2.41. The van der Waals surface area contributed by atoms with E-state index in [9.17, 15) is 4.79 Å². The van der Waals surface area contributed by atoms with Crippen LogP contribution in [0.15, 0.2) is 12.4 Å². The molecule has 1 aliphatic rings. The summed E-state index contributed by atoms with van der Waals surface area (Å²) >= 11 is 0. The van der Waals surface area contributed by atoms with E-state index in [0.29, 0.717) is 17.8 Å². The summed E-state index contributed by atoms with van der Waals surface area (Å²) in [6, 6.07) is 0. The van der Waals surface area contributed by atoms with Crippen molar-refractivity contribution in [2.75, 3.05) is 13.1 Å². The first-order valence-electron chi connectivity index (χ1n) is 7.06. The number of rotatable bonds is 2. The van der Waals surface area contributed by atoms with Crippen molar-refractivity contribution in [3.05, 3.63) is 23.8 Å². The Morgan fingerprint density at radius 2 is 2.16 bits per heavy atom. The second-order valence-corrected chi connectivity index (χ2v) is 5.86. The zero-order valence-corrected chi connectivity index (χ0v) is 12.3. The molecule has 2 unspecified atom stereocenters. The fourth-order valence-electron chi connectivity index (χ4n) is 2.72. The molecule has 0 bridgehead atoms. The van der Waals surface area contributed by atoms with Gasteiger partial charge in [-0.1, -0.05) is 20.8 Å². The molecule has 1 amide bonds. The molecule has 1 aliphatic heterocycles. The first-order valence-corrected chi connectivity index (χ1v) is 7.06. The summed E-state index contributed by atoms with van der Waals surface area (Å²) in [6.07, 6.45) is 4.72. The van der Waals surface area contributed by atoms with Gasteiger partial charge in [-0.25, -0.2) is 0 Å². The number of carbonyl (C=O) groups is 1. The van der Waals surface area contributed by atoms with Crippen LogP contribution in [0.1, 0.15) is 57.3 Å². The summed E-state index contributed by atoms with van der Waals surface area (Å²) in [4.78, 5) is 22.4. The van der Waals surface area contributed by atoms with Crippen LogP contribution in [0.4, 0.5) is 0 Å². The minimum atomic E-state index is 0.173. The normalized spacial score (nSPS) is 23.7. The van der Waals surface area contributed by atoms with E-state index in [1.54, 1.807) is 6.92 Å². The highest BCUT2D eigenvalue weighted by atomic mass is 16.2. The molecule has 0 radical (unpaired) electrons. The van der Waals surface area contributed by atoms with E-state index in [2.05, 4.69) is 25.8 Å². The first kappa shape index (κ1) is 14.0. The van der Waals surface area contributed by atoms with Gasteiger partial charge in [-0.2, -0.15) is 0 Å². The highest BCUT2D eigenvalue weighted by Gasteiger charge is 2.29. The number of aromatic nitrogens is 2. The fraction of sp³-hybridized carbons (Fsp3) is 0.667. The lowest BCUT2D eigenvalue weighted by atomic mass is 9.84. The second-order valence-electron chi connectivity index (χ2n) is 5.86. The molecule has 1 saturated heterocycles. The van der Waals surface area contributed by atoms with Crippen molar-refractivity contribution in [1.29, 1.82) is 0 Å². The Morgan fingerprint density at radius 3 is 2.74 bits per heavy atom.